The lowest BCUT2D eigenvalue weighted by Gasteiger charge is -2.22. The quantitative estimate of drug-likeness (QED) is 0.383. The van der Waals surface area contributed by atoms with Gasteiger partial charge in [-0.05, 0) is 0 Å². The number of aliphatic hydroxyl groups is 2. The molecule has 5 heteroatoms. The van der Waals surface area contributed by atoms with Crippen molar-refractivity contribution in [2.75, 3.05) is 13.5 Å². The van der Waals surface area contributed by atoms with Crippen molar-refractivity contribution in [2.45, 2.75) is 12.8 Å². The van der Waals surface area contributed by atoms with Crippen molar-refractivity contribution in [2.24, 2.45) is 0 Å². The maximum absolute atomic E-state index is 11.0. The summed E-state index contributed by atoms with van der Waals surface area (Å²) < 4.78 is -0.806. The van der Waals surface area contributed by atoms with Gasteiger partial charge >= 0.3 is 11.8 Å². The fourth-order valence-corrected chi connectivity index (χ4v) is 1.14. The average Bonchev–Trinajstić information content (AvgIpc) is 2.29. The Kier molecular flexibility index (Phi) is 2.03. The van der Waals surface area contributed by atoms with E-state index >= 15 is 0 Å². The van der Waals surface area contributed by atoms with Crippen LogP contribution in [-0.4, -0.2) is 40.0 Å². The van der Waals surface area contributed by atoms with Crippen molar-refractivity contribution >= 4 is 11.8 Å². The van der Waals surface area contributed by atoms with Crippen molar-refractivity contribution in [3.8, 4) is 0 Å². The Bertz CT molecular complexity index is 179. The van der Waals surface area contributed by atoms with Gasteiger partial charge in [0.05, 0.1) is 12.8 Å². The van der Waals surface area contributed by atoms with Gasteiger partial charge in [0.25, 0.3) is 0 Å². The van der Waals surface area contributed by atoms with Crippen LogP contribution in [0.4, 0.5) is 0 Å². The first-order valence-electron chi connectivity index (χ1n) is 3.33. The SMILES string of the molecule is O=C1CCC(=O)[N+]1(CO)CO. The Hall–Kier alpha value is -0.780. The van der Waals surface area contributed by atoms with Crippen LogP contribution in [0.25, 0.3) is 0 Å². The molecule has 2 N–H and O–H groups in total. The lowest BCUT2D eigenvalue weighted by molar-refractivity contribution is -0.816. The number of likely N-dealkylation sites (tertiary alicyclic amines) is 1. The summed E-state index contributed by atoms with van der Waals surface area (Å²) in [4.78, 5) is 22.0. The first-order valence-corrected chi connectivity index (χ1v) is 3.33. The Morgan fingerprint density at radius 2 is 1.45 bits per heavy atom. The third-order valence-corrected chi connectivity index (χ3v) is 1.99. The molecule has 1 heterocycles. The second-order valence-corrected chi connectivity index (χ2v) is 2.54. The molecule has 0 atom stereocenters. The van der Waals surface area contributed by atoms with E-state index in [1.54, 1.807) is 0 Å². The predicted octanol–water partition coefficient (Wildman–Crippen LogP) is -1.45. The smallest absolute Gasteiger partial charge is 0.325 e. The van der Waals surface area contributed by atoms with Gasteiger partial charge in [0.1, 0.15) is 0 Å². The lowest BCUT2D eigenvalue weighted by atomic mass is 10.4. The van der Waals surface area contributed by atoms with Crippen LogP contribution in [0.15, 0.2) is 0 Å². The van der Waals surface area contributed by atoms with E-state index in [-0.39, 0.29) is 12.8 Å². The molecule has 1 fully saturated rings. The van der Waals surface area contributed by atoms with Crippen LogP contribution in [0.5, 0.6) is 0 Å². The zero-order valence-corrected chi connectivity index (χ0v) is 5.99. The standard InChI is InChI=1S/C6H10NO4/c8-3-7(4-9)5(10)1-2-6(7)11/h8-9H,1-4H2/q+1. The number of rotatable bonds is 2. The molecule has 1 aliphatic heterocycles. The summed E-state index contributed by atoms with van der Waals surface area (Å²) in [5.74, 6) is -0.806. The van der Waals surface area contributed by atoms with Gasteiger partial charge in [-0.1, -0.05) is 0 Å². The van der Waals surface area contributed by atoms with E-state index in [1.807, 2.05) is 0 Å². The monoisotopic (exact) mass is 160 g/mol. The van der Waals surface area contributed by atoms with E-state index in [9.17, 15) is 9.59 Å². The molecule has 0 radical (unpaired) electrons. The Labute approximate surface area is 63.4 Å². The molecule has 0 aromatic carbocycles. The van der Waals surface area contributed by atoms with Crippen LogP contribution >= 0.6 is 0 Å². The van der Waals surface area contributed by atoms with Gasteiger partial charge in [-0.2, -0.15) is 4.48 Å². The number of carbonyl (C=O) groups is 2. The molecule has 2 amide bonds. The number of carbonyl (C=O) groups excluding carboxylic acids is 2. The molecule has 0 bridgehead atoms. The normalized spacial score (nSPS) is 22.7. The highest BCUT2D eigenvalue weighted by molar-refractivity contribution is 5.91. The van der Waals surface area contributed by atoms with Gasteiger partial charge in [0, 0.05) is 0 Å². The summed E-state index contributed by atoms with van der Waals surface area (Å²) in [5.41, 5.74) is 0. The summed E-state index contributed by atoms with van der Waals surface area (Å²) in [6, 6.07) is 0. The topological polar surface area (TPSA) is 74.6 Å². The molecule has 0 aromatic heterocycles. The second-order valence-electron chi connectivity index (χ2n) is 2.54. The summed E-state index contributed by atoms with van der Waals surface area (Å²) in [7, 11) is 0. The van der Waals surface area contributed by atoms with E-state index in [0.29, 0.717) is 0 Å². The second kappa shape index (κ2) is 2.69. The third-order valence-electron chi connectivity index (χ3n) is 1.99. The number of imide groups is 1. The zero-order chi connectivity index (χ0) is 8.48. The lowest BCUT2D eigenvalue weighted by Crippen LogP contribution is -2.53. The Morgan fingerprint density at radius 1 is 1.09 bits per heavy atom. The molecular formula is C6H10NO4+. The summed E-state index contributed by atoms with van der Waals surface area (Å²) in [6.45, 7) is -1.26. The van der Waals surface area contributed by atoms with Crippen molar-refractivity contribution < 1.29 is 24.3 Å². The van der Waals surface area contributed by atoms with E-state index in [0.717, 1.165) is 0 Å². The average molecular weight is 160 g/mol. The minimum absolute atomic E-state index is 0.125. The molecule has 0 spiro atoms. The molecule has 0 aliphatic carbocycles. The van der Waals surface area contributed by atoms with Crippen LogP contribution in [0, 0.1) is 0 Å². The number of hydrogen-bond donors (Lipinski definition) is 2. The summed E-state index contributed by atoms with van der Waals surface area (Å²) >= 11 is 0. The maximum atomic E-state index is 11.0. The van der Waals surface area contributed by atoms with Crippen LogP contribution < -0.4 is 0 Å². The molecule has 0 aromatic rings. The van der Waals surface area contributed by atoms with E-state index in [4.69, 9.17) is 10.2 Å². The minimum Gasteiger partial charge on any atom is -0.346 e. The number of nitrogens with zero attached hydrogens (tertiary/aromatic N) is 1. The van der Waals surface area contributed by atoms with Gasteiger partial charge in [-0.3, -0.25) is 0 Å². The van der Waals surface area contributed by atoms with Gasteiger partial charge < -0.3 is 10.2 Å². The Morgan fingerprint density at radius 3 is 1.64 bits per heavy atom. The predicted molar refractivity (Wildman–Crippen MR) is 33.7 cm³/mol. The highest BCUT2D eigenvalue weighted by Gasteiger charge is 2.48. The molecule has 0 unspecified atom stereocenters. The number of amides is 2. The molecule has 5 nitrogen and oxygen atoms in total. The van der Waals surface area contributed by atoms with Crippen molar-refractivity contribution in [3.05, 3.63) is 0 Å². The van der Waals surface area contributed by atoms with E-state index in [2.05, 4.69) is 0 Å². The molecule has 1 rings (SSSR count). The van der Waals surface area contributed by atoms with Gasteiger partial charge in [-0.25, -0.2) is 9.59 Å². The maximum Gasteiger partial charge on any atom is 0.325 e. The van der Waals surface area contributed by atoms with Crippen molar-refractivity contribution in [1.82, 2.24) is 0 Å². The number of aliphatic hydroxyl groups excluding tert-OH is 2. The number of quaternary nitrogens is 1. The van der Waals surface area contributed by atoms with Crippen molar-refractivity contribution in [3.63, 3.8) is 0 Å². The highest BCUT2D eigenvalue weighted by Crippen LogP contribution is 2.20. The first kappa shape index (κ1) is 8.32. The zero-order valence-electron chi connectivity index (χ0n) is 5.99. The largest absolute Gasteiger partial charge is 0.346 e. The highest BCUT2D eigenvalue weighted by atomic mass is 16.3. The Balaban J connectivity index is 2.94. The van der Waals surface area contributed by atoms with Crippen molar-refractivity contribution in [1.29, 1.82) is 0 Å². The molecule has 1 saturated heterocycles. The molecule has 11 heavy (non-hydrogen) atoms. The molecule has 0 saturated carbocycles. The van der Waals surface area contributed by atoms with Gasteiger partial charge in [0.2, 0.25) is 0 Å². The fourth-order valence-electron chi connectivity index (χ4n) is 1.14. The first-order chi connectivity index (χ1) is 5.17. The number of hydrogen-bond acceptors (Lipinski definition) is 4. The van der Waals surface area contributed by atoms with Gasteiger partial charge in [-0.15, -0.1) is 0 Å². The van der Waals surface area contributed by atoms with Crippen LogP contribution in [0.1, 0.15) is 12.8 Å². The minimum atomic E-state index is -0.806. The van der Waals surface area contributed by atoms with Gasteiger partial charge in [0.15, 0.2) is 13.5 Å². The van der Waals surface area contributed by atoms with Crippen LogP contribution in [-0.2, 0) is 9.59 Å². The van der Waals surface area contributed by atoms with E-state index < -0.39 is 29.8 Å². The summed E-state index contributed by atoms with van der Waals surface area (Å²) in [5, 5.41) is 17.5. The van der Waals surface area contributed by atoms with Crippen LogP contribution in [0.2, 0.25) is 0 Å². The van der Waals surface area contributed by atoms with E-state index in [1.165, 1.54) is 0 Å². The fraction of sp³-hybridized carbons (Fsp3) is 0.667. The molecular weight excluding hydrogens is 150 g/mol. The van der Waals surface area contributed by atoms with Crippen LogP contribution in [0.3, 0.4) is 0 Å². The summed E-state index contributed by atoms with van der Waals surface area (Å²) in [6.07, 6.45) is 0.250. The molecule has 62 valence electrons. The third kappa shape index (κ3) is 0.973. The molecule has 1 aliphatic rings.